The molecule has 4 atom stereocenters. The summed E-state index contributed by atoms with van der Waals surface area (Å²) in [5.74, 6) is 1.58. The summed E-state index contributed by atoms with van der Waals surface area (Å²) in [5, 5.41) is 25.1. The van der Waals surface area contributed by atoms with Gasteiger partial charge >= 0.3 is 0 Å². The van der Waals surface area contributed by atoms with Crippen LogP contribution in [0.3, 0.4) is 0 Å². The number of nitrogens with one attached hydrogen (secondary N) is 1. The molecule has 2 fully saturated rings. The number of H-pyrrole nitrogens is 1. The summed E-state index contributed by atoms with van der Waals surface area (Å²) in [6.07, 6.45) is 5.64. The number of aliphatic hydroxyl groups is 1. The zero-order chi connectivity index (χ0) is 25.3. The molecule has 2 aliphatic heterocycles. The van der Waals surface area contributed by atoms with Crippen molar-refractivity contribution in [2.45, 2.75) is 61.7 Å². The standard InChI is InChI=1S/C31H37N3O3.HI/c1-34(2,3)13-10-18-6-8-23-21(14-18)22-16-31(36)25-15-20-7-9-24(35)28-26(20)30(31,29(37-28)27(22)32-23)11-12-33(25)17-19-4-5-19;/h6-9,14,19,25,29,32,36H,4-5,10-13,15-17H2,1-3H3;1H/t25-,29-,30-,31+;/m0./s1. The lowest BCUT2D eigenvalue weighted by Crippen LogP contribution is -3.00. The van der Waals surface area contributed by atoms with Crippen molar-refractivity contribution in [2.24, 2.45) is 5.92 Å². The number of phenols is 1. The predicted octanol–water partition coefficient (Wildman–Crippen LogP) is 0.825. The number of rotatable bonds is 5. The topological polar surface area (TPSA) is 68.7 Å². The molecule has 8 rings (SSSR count). The summed E-state index contributed by atoms with van der Waals surface area (Å²) >= 11 is 0. The van der Waals surface area contributed by atoms with Gasteiger partial charge in [-0.25, -0.2) is 0 Å². The van der Waals surface area contributed by atoms with Crippen molar-refractivity contribution < 1.29 is 43.4 Å². The minimum Gasteiger partial charge on any atom is -1.00 e. The van der Waals surface area contributed by atoms with Crippen molar-refractivity contribution in [3.8, 4) is 11.5 Å². The minimum absolute atomic E-state index is 0. The fourth-order valence-corrected chi connectivity index (χ4v) is 8.29. The fourth-order valence-electron chi connectivity index (χ4n) is 8.29. The summed E-state index contributed by atoms with van der Waals surface area (Å²) in [4.78, 5) is 6.34. The van der Waals surface area contributed by atoms with Gasteiger partial charge in [-0.3, -0.25) is 4.90 Å². The molecule has 3 heterocycles. The van der Waals surface area contributed by atoms with E-state index < -0.39 is 11.0 Å². The first-order valence-corrected chi connectivity index (χ1v) is 14.1. The highest BCUT2D eigenvalue weighted by molar-refractivity contribution is 5.87. The molecule has 1 aromatic heterocycles. The second-order valence-corrected chi connectivity index (χ2v) is 13.6. The third-order valence-corrected chi connectivity index (χ3v) is 10.3. The van der Waals surface area contributed by atoms with Crippen LogP contribution >= 0.6 is 0 Å². The number of fused-ring (bicyclic) bond motifs is 4. The highest BCUT2D eigenvalue weighted by atomic mass is 127. The van der Waals surface area contributed by atoms with Crippen LogP contribution in [0.1, 0.15) is 53.3 Å². The second kappa shape index (κ2) is 8.12. The van der Waals surface area contributed by atoms with Crippen LogP contribution < -0.4 is 28.7 Å². The summed E-state index contributed by atoms with van der Waals surface area (Å²) in [6, 6.07) is 10.7. The zero-order valence-corrected chi connectivity index (χ0v) is 24.7. The maximum Gasteiger partial charge on any atom is 0.166 e. The molecular formula is C31H38IN3O3. The van der Waals surface area contributed by atoms with Gasteiger partial charge in [0, 0.05) is 41.9 Å². The number of hydrogen-bond acceptors (Lipinski definition) is 4. The Balaban J connectivity index is 0.00000242. The van der Waals surface area contributed by atoms with Gasteiger partial charge in [0.15, 0.2) is 17.6 Å². The number of aromatic hydroxyl groups is 1. The van der Waals surface area contributed by atoms with Crippen LogP contribution in [0.4, 0.5) is 0 Å². The molecule has 3 N–H and O–H groups in total. The van der Waals surface area contributed by atoms with Gasteiger partial charge in [0.25, 0.3) is 0 Å². The van der Waals surface area contributed by atoms with Gasteiger partial charge < -0.3 is 48.4 Å². The normalized spacial score (nSPS) is 30.9. The van der Waals surface area contributed by atoms with Crippen molar-refractivity contribution >= 4 is 10.9 Å². The van der Waals surface area contributed by atoms with Gasteiger partial charge in [0.1, 0.15) is 0 Å². The van der Waals surface area contributed by atoms with Crippen LogP contribution in [-0.2, 0) is 24.7 Å². The molecule has 1 saturated carbocycles. The first-order valence-electron chi connectivity index (χ1n) is 14.1. The van der Waals surface area contributed by atoms with E-state index >= 15 is 0 Å². The Hall–Kier alpha value is -1.81. The number of nitrogens with zero attached hydrogens (tertiary/aromatic N) is 2. The Morgan fingerprint density at radius 2 is 1.97 bits per heavy atom. The van der Waals surface area contributed by atoms with Crippen molar-refractivity contribution in [3.63, 3.8) is 0 Å². The van der Waals surface area contributed by atoms with Crippen molar-refractivity contribution in [3.05, 3.63) is 58.3 Å². The van der Waals surface area contributed by atoms with Crippen LogP contribution in [0.25, 0.3) is 10.9 Å². The lowest BCUT2D eigenvalue weighted by Gasteiger charge is -2.62. The van der Waals surface area contributed by atoms with Gasteiger partial charge in [0.05, 0.1) is 44.4 Å². The number of aromatic amines is 1. The van der Waals surface area contributed by atoms with Crippen LogP contribution in [0, 0.1) is 5.92 Å². The number of piperidine rings is 1. The maximum atomic E-state index is 13.0. The van der Waals surface area contributed by atoms with Gasteiger partial charge in [-0.2, -0.15) is 0 Å². The van der Waals surface area contributed by atoms with E-state index in [1.807, 2.05) is 0 Å². The van der Waals surface area contributed by atoms with Gasteiger partial charge in [-0.15, -0.1) is 0 Å². The monoisotopic (exact) mass is 627 g/mol. The lowest BCUT2D eigenvalue weighted by atomic mass is 9.49. The smallest absolute Gasteiger partial charge is 0.166 e. The Labute approximate surface area is 241 Å². The third-order valence-electron chi connectivity index (χ3n) is 10.3. The average molecular weight is 628 g/mol. The third kappa shape index (κ3) is 3.28. The zero-order valence-electron chi connectivity index (χ0n) is 22.6. The summed E-state index contributed by atoms with van der Waals surface area (Å²) in [5.41, 5.74) is 5.62. The fraction of sp³-hybridized carbons (Fsp3) is 0.548. The molecule has 0 amide bonds. The number of ether oxygens (including phenoxy) is 1. The highest BCUT2D eigenvalue weighted by Gasteiger charge is 2.72. The van der Waals surface area contributed by atoms with E-state index in [2.05, 4.69) is 55.3 Å². The molecule has 7 heteroatoms. The van der Waals surface area contributed by atoms with Gasteiger partial charge in [-0.05, 0) is 73.0 Å². The van der Waals surface area contributed by atoms with Crippen LogP contribution in [0.2, 0.25) is 0 Å². The Bertz CT molecular complexity index is 1460. The van der Waals surface area contributed by atoms with E-state index in [0.717, 1.165) is 66.1 Å². The molecule has 1 spiro atoms. The molecule has 38 heavy (non-hydrogen) atoms. The van der Waals surface area contributed by atoms with Crippen molar-refractivity contribution in [2.75, 3.05) is 40.8 Å². The van der Waals surface area contributed by atoms with E-state index in [-0.39, 0.29) is 41.9 Å². The number of quaternary nitrogens is 1. The number of phenolic OH excluding ortho intramolecular Hbond substituents is 1. The highest BCUT2D eigenvalue weighted by Crippen LogP contribution is 2.69. The van der Waals surface area contributed by atoms with Crippen molar-refractivity contribution in [1.82, 2.24) is 9.88 Å². The Morgan fingerprint density at radius 1 is 1.16 bits per heavy atom. The molecular weight excluding hydrogens is 589 g/mol. The largest absolute Gasteiger partial charge is 1.00 e. The molecule has 6 nitrogen and oxygen atoms in total. The number of likely N-dealkylation sites (N-methyl/N-ethyl adjacent to an activating group) is 1. The Morgan fingerprint density at radius 3 is 2.74 bits per heavy atom. The molecule has 1 saturated heterocycles. The van der Waals surface area contributed by atoms with E-state index in [9.17, 15) is 10.2 Å². The average Bonchev–Trinajstić information content (AvgIpc) is 3.49. The van der Waals surface area contributed by atoms with E-state index in [1.54, 1.807) is 6.07 Å². The number of benzene rings is 2. The number of hydrogen-bond donors (Lipinski definition) is 3. The first-order chi connectivity index (χ1) is 17.7. The van der Waals surface area contributed by atoms with Crippen LogP contribution in [0.15, 0.2) is 30.3 Å². The summed E-state index contributed by atoms with van der Waals surface area (Å²) < 4.78 is 7.65. The number of halogens is 1. The quantitative estimate of drug-likeness (QED) is 0.290. The molecule has 2 aromatic carbocycles. The minimum atomic E-state index is -0.933. The molecule has 5 aliphatic rings. The maximum absolute atomic E-state index is 13.0. The predicted molar refractivity (Wildman–Crippen MR) is 143 cm³/mol. The van der Waals surface area contributed by atoms with Gasteiger partial charge in [-0.1, -0.05) is 12.1 Å². The number of likely N-dealkylation sites (tertiary alicyclic amines) is 1. The Kier molecular flexibility index (Phi) is 5.38. The van der Waals surface area contributed by atoms with Crippen LogP contribution in [-0.4, -0.2) is 77.0 Å². The van der Waals surface area contributed by atoms with E-state index in [0.29, 0.717) is 12.2 Å². The molecule has 202 valence electrons. The lowest BCUT2D eigenvalue weighted by molar-refractivity contribution is -0.870. The van der Waals surface area contributed by atoms with Gasteiger partial charge in [0.2, 0.25) is 0 Å². The van der Waals surface area contributed by atoms with E-state index in [4.69, 9.17) is 4.74 Å². The molecule has 2 bridgehead atoms. The first kappa shape index (κ1) is 25.2. The number of aromatic nitrogens is 1. The van der Waals surface area contributed by atoms with Crippen molar-refractivity contribution in [1.29, 1.82) is 0 Å². The van der Waals surface area contributed by atoms with E-state index in [1.165, 1.54) is 34.9 Å². The molecule has 0 unspecified atom stereocenters. The summed E-state index contributed by atoms with van der Waals surface area (Å²) in [7, 11) is 6.71. The molecule has 3 aliphatic carbocycles. The molecule has 3 aromatic rings. The van der Waals surface area contributed by atoms with Crippen LogP contribution in [0.5, 0.6) is 11.5 Å². The second-order valence-electron chi connectivity index (χ2n) is 13.6. The summed E-state index contributed by atoms with van der Waals surface area (Å²) in [6.45, 7) is 3.14. The SMILES string of the molecule is C[N+](C)(C)CCc1ccc2[nH]c3c(c2c1)C[C@@]1(O)[C@@H]2Cc4ccc(O)c5c4[C@@]1(CCN2CC1CC1)[C@H]3O5.[I-]. The molecule has 0 radical (unpaired) electrons.